The van der Waals surface area contributed by atoms with E-state index in [1.54, 1.807) is 6.20 Å². The molecule has 34 heavy (non-hydrogen) atoms. The largest absolute Gasteiger partial charge is 0.370 e. The number of aromatic nitrogens is 2. The van der Waals surface area contributed by atoms with Gasteiger partial charge >= 0.3 is 6.03 Å². The Morgan fingerprint density at radius 2 is 2.09 bits per heavy atom. The van der Waals surface area contributed by atoms with Crippen LogP contribution in [0.1, 0.15) is 31.4 Å². The molecule has 186 valence electrons. The second-order valence-electron chi connectivity index (χ2n) is 7.68. The fraction of sp³-hybridized carbons (Fsp3) is 0.526. The van der Waals surface area contributed by atoms with Gasteiger partial charge in [-0.25, -0.2) is 14.8 Å². The molecular formula is C19H31N11O4. The Balaban J connectivity index is 1.96. The highest BCUT2D eigenvalue weighted by molar-refractivity contribution is 6.07. The van der Waals surface area contributed by atoms with E-state index in [2.05, 4.69) is 35.9 Å². The third-order valence-electron chi connectivity index (χ3n) is 5.04. The predicted octanol–water partition coefficient (Wildman–Crippen LogP) is -2.75. The van der Waals surface area contributed by atoms with Gasteiger partial charge in [0.2, 0.25) is 17.8 Å². The maximum Gasteiger partial charge on any atom is 0.318 e. The highest BCUT2D eigenvalue weighted by Gasteiger charge is 2.32. The smallest absolute Gasteiger partial charge is 0.318 e. The van der Waals surface area contributed by atoms with Crippen LogP contribution in [-0.2, 0) is 20.8 Å². The van der Waals surface area contributed by atoms with E-state index < -0.39 is 24.0 Å². The van der Waals surface area contributed by atoms with Gasteiger partial charge in [-0.05, 0) is 19.3 Å². The van der Waals surface area contributed by atoms with Gasteiger partial charge in [0.1, 0.15) is 6.04 Å². The first-order valence-corrected chi connectivity index (χ1v) is 10.6. The molecule has 1 aromatic rings. The number of carbonyl (C=O) groups excluding carboxylic acids is 4. The maximum atomic E-state index is 12.9. The number of likely N-dealkylation sites (N-methyl/N-ethyl adjacent to an activating group) is 1. The number of nitrogens with two attached hydrogens (primary N) is 3. The molecule has 15 heteroatoms. The first-order chi connectivity index (χ1) is 16.2. The maximum absolute atomic E-state index is 12.9. The van der Waals surface area contributed by atoms with Crippen molar-refractivity contribution in [2.45, 2.75) is 44.2 Å². The Bertz CT molecular complexity index is 925. The van der Waals surface area contributed by atoms with Crippen LogP contribution < -0.4 is 33.2 Å². The molecule has 15 nitrogen and oxygen atoms in total. The molecule has 0 saturated carbocycles. The number of rotatable bonds is 11. The molecule has 10 N–H and O–H groups in total. The lowest BCUT2D eigenvalue weighted by atomic mass is 10.1. The number of nitrogens with one attached hydrogen (secondary N) is 4. The Hall–Kier alpha value is -4.17. The number of amides is 5. The number of imidazole rings is 1. The summed E-state index contributed by atoms with van der Waals surface area (Å²) < 4.78 is 0. The predicted molar refractivity (Wildman–Crippen MR) is 123 cm³/mol. The standard InChI is InChI=1S/C19H31N11O4/c1-30(13-9-25-19(28-16(13)33)29-18(22)34)15(32)7-11(3-2-6-24-17(20)21)27-14(31)5-4-12-8-23-10-26-12/h8,10-11,13H,2-7,9H2,1H3,(H,23,26)(H,27,31)(H4,20,21,24)(H4,22,25,28,29,33,34). The zero-order chi connectivity index (χ0) is 25.1. The van der Waals surface area contributed by atoms with Gasteiger partial charge in [-0.2, -0.15) is 0 Å². The van der Waals surface area contributed by atoms with E-state index in [1.807, 2.05) is 0 Å². The number of urea groups is 1. The highest BCUT2D eigenvalue weighted by Crippen LogP contribution is 2.10. The average Bonchev–Trinajstić information content (AvgIpc) is 3.28. The number of guanidine groups is 2. The minimum absolute atomic E-state index is 0.0337. The van der Waals surface area contributed by atoms with E-state index in [1.165, 1.54) is 18.3 Å². The van der Waals surface area contributed by atoms with Gasteiger partial charge in [-0.1, -0.05) is 0 Å². The zero-order valence-electron chi connectivity index (χ0n) is 18.9. The van der Waals surface area contributed by atoms with Gasteiger partial charge in [0.25, 0.3) is 5.91 Å². The van der Waals surface area contributed by atoms with Gasteiger partial charge in [0, 0.05) is 44.4 Å². The summed E-state index contributed by atoms with van der Waals surface area (Å²) in [4.78, 5) is 64.7. The molecule has 0 fully saturated rings. The summed E-state index contributed by atoms with van der Waals surface area (Å²) >= 11 is 0. The number of nitrogens with zero attached hydrogens (tertiary/aromatic N) is 4. The lowest BCUT2D eigenvalue weighted by Crippen LogP contribution is -2.58. The minimum Gasteiger partial charge on any atom is -0.370 e. The van der Waals surface area contributed by atoms with Gasteiger partial charge < -0.3 is 32.4 Å². The molecule has 2 rings (SSSR count). The molecule has 0 spiro atoms. The van der Waals surface area contributed by atoms with Gasteiger partial charge in [-0.15, -0.1) is 0 Å². The summed E-state index contributed by atoms with van der Waals surface area (Å²) in [6.45, 7) is 0.303. The first-order valence-electron chi connectivity index (χ1n) is 10.6. The van der Waals surface area contributed by atoms with Crippen molar-refractivity contribution in [1.82, 2.24) is 30.8 Å². The topological polar surface area (TPSA) is 239 Å². The van der Waals surface area contributed by atoms with Crippen LogP contribution >= 0.6 is 0 Å². The van der Waals surface area contributed by atoms with E-state index >= 15 is 0 Å². The van der Waals surface area contributed by atoms with E-state index in [0.717, 1.165) is 5.69 Å². The van der Waals surface area contributed by atoms with Crippen LogP contribution in [0.4, 0.5) is 4.79 Å². The first kappa shape index (κ1) is 26.1. The van der Waals surface area contributed by atoms with Gasteiger partial charge in [-0.3, -0.25) is 30.0 Å². The SMILES string of the molecule is CN(C(=O)CC(CCCN=C(N)N)NC(=O)CCc1cnc[nH]1)C1CN=C(NC(N)=O)NC1=O. The van der Waals surface area contributed by atoms with E-state index in [0.29, 0.717) is 25.8 Å². The molecule has 0 saturated heterocycles. The van der Waals surface area contributed by atoms with Crippen molar-refractivity contribution in [3.8, 4) is 0 Å². The molecule has 1 aliphatic rings. The molecule has 5 amide bonds. The fourth-order valence-electron chi connectivity index (χ4n) is 3.26. The minimum atomic E-state index is -0.871. The summed E-state index contributed by atoms with van der Waals surface area (Å²) in [5.41, 5.74) is 16.5. The van der Waals surface area contributed by atoms with Crippen molar-refractivity contribution in [2.24, 2.45) is 27.2 Å². The van der Waals surface area contributed by atoms with Crippen LogP contribution in [0.15, 0.2) is 22.5 Å². The summed E-state index contributed by atoms with van der Waals surface area (Å²) in [6, 6.07) is -2.22. The van der Waals surface area contributed by atoms with Crippen LogP contribution in [0, 0.1) is 0 Å². The van der Waals surface area contributed by atoms with Crippen LogP contribution in [0.3, 0.4) is 0 Å². The second kappa shape index (κ2) is 12.8. The molecule has 2 unspecified atom stereocenters. The number of aryl methyl sites for hydroxylation is 1. The summed E-state index contributed by atoms with van der Waals surface area (Å²) in [5, 5.41) is 7.45. The van der Waals surface area contributed by atoms with Crippen LogP contribution in [-0.4, -0.2) is 82.8 Å². The molecular weight excluding hydrogens is 446 g/mol. The molecule has 0 aliphatic carbocycles. The third-order valence-corrected chi connectivity index (χ3v) is 5.04. The molecule has 1 aromatic heterocycles. The lowest BCUT2D eigenvalue weighted by molar-refractivity contribution is -0.139. The number of primary amides is 1. The van der Waals surface area contributed by atoms with Crippen LogP contribution in [0.2, 0.25) is 0 Å². The Labute approximate surface area is 196 Å². The van der Waals surface area contributed by atoms with Crippen molar-refractivity contribution in [2.75, 3.05) is 20.1 Å². The number of aromatic amines is 1. The number of aliphatic imine (C=N–C) groups is 2. The van der Waals surface area contributed by atoms with Crippen LogP contribution in [0.25, 0.3) is 0 Å². The van der Waals surface area contributed by atoms with E-state index in [-0.39, 0.29) is 43.1 Å². The summed E-state index contributed by atoms with van der Waals surface area (Å²) in [5.74, 6) is -1.20. The van der Waals surface area contributed by atoms with E-state index in [4.69, 9.17) is 17.2 Å². The molecule has 2 atom stereocenters. The number of carbonyl (C=O) groups is 4. The summed E-state index contributed by atoms with van der Waals surface area (Å²) in [6.07, 6.45) is 4.82. The Morgan fingerprint density at radius 3 is 2.71 bits per heavy atom. The fourth-order valence-corrected chi connectivity index (χ4v) is 3.26. The number of hydrogen-bond donors (Lipinski definition) is 7. The van der Waals surface area contributed by atoms with Gasteiger partial charge in [0.05, 0.1) is 12.9 Å². The van der Waals surface area contributed by atoms with Crippen molar-refractivity contribution in [3.63, 3.8) is 0 Å². The molecule has 2 heterocycles. The van der Waals surface area contributed by atoms with Crippen LogP contribution in [0.5, 0.6) is 0 Å². The van der Waals surface area contributed by atoms with Crippen molar-refractivity contribution in [3.05, 3.63) is 18.2 Å². The average molecular weight is 478 g/mol. The van der Waals surface area contributed by atoms with Crippen molar-refractivity contribution in [1.29, 1.82) is 0 Å². The van der Waals surface area contributed by atoms with E-state index in [9.17, 15) is 19.2 Å². The monoisotopic (exact) mass is 477 g/mol. The zero-order valence-corrected chi connectivity index (χ0v) is 18.9. The van der Waals surface area contributed by atoms with Crippen molar-refractivity contribution >= 4 is 35.7 Å². The van der Waals surface area contributed by atoms with Gasteiger partial charge in [0.15, 0.2) is 5.96 Å². The molecule has 0 bridgehead atoms. The van der Waals surface area contributed by atoms with Crippen molar-refractivity contribution < 1.29 is 19.2 Å². The molecule has 0 radical (unpaired) electrons. The number of H-pyrrole nitrogens is 1. The quantitative estimate of drug-likeness (QED) is 0.101. The highest BCUT2D eigenvalue weighted by atomic mass is 16.2. The molecule has 0 aromatic carbocycles. The Morgan fingerprint density at radius 1 is 1.32 bits per heavy atom. The number of hydrogen-bond acceptors (Lipinski definition) is 7. The Kier molecular flexibility index (Phi) is 9.79. The molecule has 1 aliphatic heterocycles. The third kappa shape index (κ3) is 8.76. The normalized spacial score (nSPS) is 16.0. The lowest BCUT2D eigenvalue weighted by Gasteiger charge is -2.30. The second-order valence-corrected chi connectivity index (χ2v) is 7.68. The summed E-state index contributed by atoms with van der Waals surface area (Å²) in [7, 11) is 1.48.